The number of ether oxygens (including phenoxy) is 1. The number of anilines is 1. The van der Waals surface area contributed by atoms with E-state index in [0.29, 0.717) is 29.2 Å². The SMILES string of the molecule is COc1ccc(Cc2c(C)nn(CC(F)(F)F)c2C)cc1-c1cccc(NO)c1. The highest BCUT2D eigenvalue weighted by atomic mass is 19.4. The molecule has 1 heterocycles. The van der Waals surface area contributed by atoms with E-state index in [9.17, 15) is 13.2 Å². The van der Waals surface area contributed by atoms with Gasteiger partial charge in [-0.1, -0.05) is 18.2 Å². The zero-order valence-electron chi connectivity index (χ0n) is 16.3. The van der Waals surface area contributed by atoms with Gasteiger partial charge in [-0.25, -0.2) is 0 Å². The molecule has 0 bridgehead atoms. The molecule has 0 aliphatic carbocycles. The first-order chi connectivity index (χ1) is 13.7. The Morgan fingerprint density at radius 2 is 1.90 bits per heavy atom. The van der Waals surface area contributed by atoms with Crippen molar-refractivity contribution < 1.29 is 23.1 Å². The molecule has 0 unspecified atom stereocenters. The highest BCUT2D eigenvalue weighted by molar-refractivity contribution is 5.74. The van der Waals surface area contributed by atoms with Crippen LogP contribution in [0.3, 0.4) is 0 Å². The van der Waals surface area contributed by atoms with Gasteiger partial charge in [0.15, 0.2) is 0 Å². The van der Waals surface area contributed by atoms with E-state index in [4.69, 9.17) is 9.94 Å². The first-order valence-corrected chi connectivity index (χ1v) is 8.99. The van der Waals surface area contributed by atoms with Gasteiger partial charge in [0.05, 0.1) is 18.5 Å². The third-order valence-corrected chi connectivity index (χ3v) is 4.81. The van der Waals surface area contributed by atoms with E-state index >= 15 is 0 Å². The molecule has 2 N–H and O–H groups in total. The van der Waals surface area contributed by atoms with Crippen LogP contribution in [0.2, 0.25) is 0 Å². The molecule has 3 aromatic rings. The van der Waals surface area contributed by atoms with E-state index in [1.165, 1.54) is 0 Å². The average molecular weight is 405 g/mol. The molecule has 3 rings (SSSR count). The minimum absolute atomic E-state index is 0.449. The Bertz CT molecular complexity index is 1010. The van der Waals surface area contributed by atoms with Crippen LogP contribution in [0.4, 0.5) is 18.9 Å². The maximum atomic E-state index is 12.8. The molecule has 29 heavy (non-hydrogen) atoms. The van der Waals surface area contributed by atoms with Crippen LogP contribution in [-0.2, 0) is 13.0 Å². The second-order valence-corrected chi connectivity index (χ2v) is 6.83. The van der Waals surface area contributed by atoms with E-state index in [1.807, 2.05) is 24.3 Å². The topological polar surface area (TPSA) is 59.3 Å². The van der Waals surface area contributed by atoms with Crippen LogP contribution in [0.5, 0.6) is 5.75 Å². The molecule has 0 aliphatic heterocycles. The maximum absolute atomic E-state index is 12.8. The summed E-state index contributed by atoms with van der Waals surface area (Å²) in [4.78, 5) is 0. The minimum atomic E-state index is -4.32. The molecule has 2 aromatic carbocycles. The first-order valence-electron chi connectivity index (χ1n) is 8.99. The summed E-state index contributed by atoms with van der Waals surface area (Å²) in [6.07, 6.45) is -3.87. The van der Waals surface area contributed by atoms with Crippen molar-refractivity contribution in [1.29, 1.82) is 0 Å². The molecule has 0 aliphatic rings. The van der Waals surface area contributed by atoms with Crippen LogP contribution in [0.25, 0.3) is 11.1 Å². The summed E-state index contributed by atoms with van der Waals surface area (Å²) in [7, 11) is 1.57. The summed E-state index contributed by atoms with van der Waals surface area (Å²) >= 11 is 0. The monoisotopic (exact) mass is 405 g/mol. The Balaban J connectivity index is 1.97. The Hall–Kier alpha value is -3.00. The standard InChI is InChI=1S/C21H22F3N3O2/c1-13-18(14(2)27(25-13)12-21(22,23)24)9-15-7-8-20(29-3)19(10-15)16-5-4-6-17(11-16)26-28/h4-8,10-11,26,28H,9,12H2,1-3H3. The van der Waals surface area contributed by atoms with Crippen molar-refractivity contribution in [3.8, 4) is 16.9 Å². The largest absolute Gasteiger partial charge is 0.496 e. The maximum Gasteiger partial charge on any atom is 0.408 e. The average Bonchev–Trinajstić information content (AvgIpc) is 2.93. The van der Waals surface area contributed by atoms with Gasteiger partial charge in [0, 0.05) is 23.2 Å². The van der Waals surface area contributed by atoms with Crippen molar-refractivity contribution in [3.05, 3.63) is 65.0 Å². The van der Waals surface area contributed by atoms with E-state index in [2.05, 4.69) is 10.6 Å². The second-order valence-electron chi connectivity index (χ2n) is 6.83. The predicted octanol–water partition coefficient (Wildman–Crippen LogP) is 5.13. The van der Waals surface area contributed by atoms with Crippen LogP contribution in [-0.4, -0.2) is 28.3 Å². The van der Waals surface area contributed by atoms with Gasteiger partial charge < -0.3 is 4.74 Å². The van der Waals surface area contributed by atoms with Crippen molar-refractivity contribution in [1.82, 2.24) is 9.78 Å². The fraction of sp³-hybridized carbons (Fsp3) is 0.286. The van der Waals surface area contributed by atoms with Crippen LogP contribution < -0.4 is 10.2 Å². The van der Waals surface area contributed by atoms with Gasteiger partial charge in [-0.15, -0.1) is 0 Å². The number of nitrogens with one attached hydrogen (secondary N) is 1. The number of nitrogens with zero attached hydrogens (tertiary/aromatic N) is 2. The Morgan fingerprint density at radius 3 is 2.55 bits per heavy atom. The number of methoxy groups -OCH3 is 1. The number of benzene rings is 2. The minimum Gasteiger partial charge on any atom is -0.496 e. The summed E-state index contributed by atoms with van der Waals surface area (Å²) in [6, 6.07) is 12.8. The highest BCUT2D eigenvalue weighted by Crippen LogP contribution is 2.33. The fourth-order valence-electron chi connectivity index (χ4n) is 3.36. The number of hydrogen-bond acceptors (Lipinski definition) is 4. The summed E-state index contributed by atoms with van der Waals surface area (Å²) in [5, 5.41) is 13.2. The van der Waals surface area contributed by atoms with Crippen molar-refractivity contribution in [3.63, 3.8) is 0 Å². The number of rotatable bonds is 6. The molecular formula is C21H22F3N3O2. The van der Waals surface area contributed by atoms with Crippen molar-refractivity contribution in [2.75, 3.05) is 12.6 Å². The summed E-state index contributed by atoms with van der Waals surface area (Å²) < 4.78 is 44.8. The molecule has 5 nitrogen and oxygen atoms in total. The van der Waals surface area contributed by atoms with Gasteiger partial charge in [-0.3, -0.25) is 15.4 Å². The van der Waals surface area contributed by atoms with Gasteiger partial charge in [0.1, 0.15) is 12.3 Å². The molecule has 0 saturated carbocycles. The quantitative estimate of drug-likeness (QED) is 0.558. The molecule has 0 radical (unpaired) electrons. The number of hydrogen-bond donors (Lipinski definition) is 2. The number of aryl methyl sites for hydroxylation is 1. The van der Waals surface area contributed by atoms with Gasteiger partial charge in [0.25, 0.3) is 0 Å². The molecule has 0 saturated heterocycles. The molecule has 0 atom stereocenters. The van der Waals surface area contributed by atoms with E-state index in [1.54, 1.807) is 39.2 Å². The van der Waals surface area contributed by atoms with Crippen molar-refractivity contribution in [2.45, 2.75) is 33.0 Å². The van der Waals surface area contributed by atoms with Crippen molar-refractivity contribution in [2.24, 2.45) is 0 Å². The van der Waals surface area contributed by atoms with Crippen LogP contribution in [0.1, 0.15) is 22.5 Å². The Labute approximate surface area is 166 Å². The molecule has 0 amide bonds. The van der Waals surface area contributed by atoms with Crippen molar-refractivity contribution >= 4 is 5.69 Å². The zero-order chi connectivity index (χ0) is 21.2. The van der Waals surface area contributed by atoms with Crippen LogP contribution in [0.15, 0.2) is 42.5 Å². The van der Waals surface area contributed by atoms with E-state index < -0.39 is 12.7 Å². The predicted molar refractivity (Wildman–Crippen MR) is 104 cm³/mol. The second kappa shape index (κ2) is 8.16. The number of alkyl halides is 3. The third-order valence-electron chi connectivity index (χ3n) is 4.81. The lowest BCUT2D eigenvalue weighted by Gasteiger charge is -2.13. The van der Waals surface area contributed by atoms with Gasteiger partial charge in [-0.2, -0.15) is 18.3 Å². The zero-order valence-corrected chi connectivity index (χ0v) is 16.3. The Kier molecular flexibility index (Phi) is 5.83. The van der Waals surface area contributed by atoms with Crippen LogP contribution in [0, 0.1) is 13.8 Å². The first kappa shape index (κ1) is 20.7. The molecule has 0 fully saturated rings. The molecule has 154 valence electrons. The molecule has 0 spiro atoms. The van der Waals surface area contributed by atoms with Gasteiger partial charge in [-0.05, 0) is 49.2 Å². The number of halogens is 3. The fourth-order valence-corrected chi connectivity index (χ4v) is 3.36. The van der Waals surface area contributed by atoms with Crippen LogP contribution >= 0.6 is 0 Å². The van der Waals surface area contributed by atoms with Gasteiger partial charge in [0.2, 0.25) is 0 Å². The van der Waals surface area contributed by atoms with E-state index in [0.717, 1.165) is 26.9 Å². The molecule has 1 aromatic heterocycles. The van der Waals surface area contributed by atoms with E-state index in [-0.39, 0.29) is 0 Å². The Morgan fingerprint density at radius 1 is 1.14 bits per heavy atom. The highest BCUT2D eigenvalue weighted by Gasteiger charge is 2.30. The lowest BCUT2D eigenvalue weighted by molar-refractivity contribution is -0.142. The normalized spacial score (nSPS) is 11.6. The smallest absolute Gasteiger partial charge is 0.408 e. The third kappa shape index (κ3) is 4.71. The lowest BCUT2D eigenvalue weighted by Crippen LogP contribution is -2.19. The number of aromatic nitrogens is 2. The molecular weight excluding hydrogens is 383 g/mol. The molecule has 8 heteroatoms. The van der Waals surface area contributed by atoms with Gasteiger partial charge >= 0.3 is 6.18 Å². The summed E-state index contributed by atoms with van der Waals surface area (Å²) in [6.45, 7) is 2.27. The summed E-state index contributed by atoms with van der Waals surface area (Å²) in [5.74, 6) is 0.657. The lowest BCUT2D eigenvalue weighted by atomic mass is 9.97. The summed E-state index contributed by atoms with van der Waals surface area (Å²) in [5.41, 5.74) is 7.09.